The van der Waals surface area contributed by atoms with E-state index in [4.69, 9.17) is 16.3 Å². The fraction of sp³-hybridized carbons (Fsp3) is 0.120. The molecule has 0 radical (unpaired) electrons. The summed E-state index contributed by atoms with van der Waals surface area (Å²) in [6, 6.07) is 19.8. The van der Waals surface area contributed by atoms with Crippen LogP contribution in [-0.2, 0) is 9.59 Å². The van der Waals surface area contributed by atoms with E-state index in [2.05, 4.69) is 5.32 Å². The first kappa shape index (κ1) is 20.7. The van der Waals surface area contributed by atoms with E-state index in [-0.39, 0.29) is 11.6 Å². The second kappa shape index (κ2) is 8.28. The van der Waals surface area contributed by atoms with Crippen LogP contribution in [-0.4, -0.2) is 18.9 Å². The van der Waals surface area contributed by atoms with Crippen LogP contribution >= 0.6 is 11.6 Å². The zero-order valence-electron chi connectivity index (χ0n) is 17.4. The van der Waals surface area contributed by atoms with Crippen molar-refractivity contribution in [3.63, 3.8) is 0 Å². The molecule has 0 saturated heterocycles. The number of hydrogen-bond donors (Lipinski definition) is 1. The quantitative estimate of drug-likeness (QED) is 0.551. The van der Waals surface area contributed by atoms with Gasteiger partial charge in [0.1, 0.15) is 11.4 Å². The van der Waals surface area contributed by atoms with Crippen LogP contribution in [0.4, 0.5) is 11.4 Å². The number of ether oxygens (including phenoxy) is 1. The third kappa shape index (κ3) is 3.80. The van der Waals surface area contributed by atoms with E-state index in [0.29, 0.717) is 33.3 Å². The number of rotatable bonds is 5. The van der Waals surface area contributed by atoms with Gasteiger partial charge < -0.3 is 10.1 Å². The molecule has 1 heterocycles. The predicted octanol–water partition coefficient (Wildman–Crippen LogP) is 5.36. The Morgan fingerprint density at radius 3 is 2.32 bits per heavy atom. The molecule has 156 valence electrons. The van der Waals surface area contributed by atoms with Crippen LogP contribution in [0.3, 0.4) is 0 Å². The Hall–Kier alpha value is -3.57. The Balaban J connectivity index is 1.86. The molecule has 31 heavy (non-hydrogen) atoms. The van der Waals surface area contributed by atoms with E-state index in [1.54, 1.807) is 24.3 Å². The standard InChI is InChI=1S/C25H21ClN2O3/c1-15-9-11-20(16(2)13-15)28-24(29)22(17-7-5-4-6-8-17)23(25(28)30)27-19-14-18(26)10-12-21(19)31-3/h4-14,27H,1-3H3. The summed E-state index contributed by atoms with van der Waals surface area (Å²) in [7, 11) is 1.53. The maximum absolute atomic E-state index is 13.5. The van der Waals surface area contributed by atoms with Gasteiger partial charge in [-0.1, -0.05) is 59.6 Å². The number of carbonyl (C=O) groups is 2. The van der Waals surface area contributed by atoms with Crippen LogP contribution in [0.15, 0.2) is 72.4 Å². The summed E-state index contributed by atoms with van der Waals surface area (Å²) in [5.41, 5.74) is 4.08. The van der Waals surface area contributed by atoms with Crippen molar-refractivity contribution in [3.05, 3.63) is 94.1 Å². The van der Waals surface area contributed by atoms with Crippen LogP contribution < -0.4 is 15.0 Å². The molecule has 0 spiro atoms. The van der Waals surface area contributed by atoms with Gasteiger partial charge in [-0.2, -0.15) is 0 Å². The number of aryl methyl sites for hydroxylation is 2. The lowest BCUT2D eigenvalue weighted by Crippen LogP contribution is -2.33. The monoisotopic (exact) mass is 432 g/mol. The zero-order chi connectivity index (χ0) is 22.1. The van der Waals surface area contributed by atoms with E-state index < -0.39 is 5.91 Å². The number of hydrogen-bond acceptors (Lipinski definition) is 4. The first-order valence-corrected chi connectivity index (χ1v) is 10.1. The van der Waals surface area contributed by atoms with Crippen molar-refractivity contribution in [2.45, 2.75) is 13.8 Å². The highest BCUT2D eigenvalue weighted by Gasteiger charge is 2.41. The highest BCUT2D eigenvalue weighted by Crippen LogP contribution is 2.37. The van der Waals surface area contributed by atoms with Gasteiger partial charge in [-0.25, -0.2) is 4.90 Å². The molecule has 1 N–H and O–H groups in total. The van der Waals surface area contributed by atoms with Crippen LogP contribution in [0, 0.1) is 13.8 Å². The number of methoxy groups -OCH3 is 1. The van der Waals surface area contributed by atoms with E-state index in [1.165, 1.54) is 12.0 Å². The first-order chi connectivity index (χ1) is 14.9. The molecule has 0 unspecified atom stereocenters. The Kier molecular flexibility index (Phi) is 5.53. The average molecular weight is 433 g/mol. The predicted molar refractivity (Wildman–Crippen MR) is 123 cm³/mol. The maximum Gasteiger partial charge on any atom is 0.282 e. The first-order valence-electron chi connectivity index (χ1n) is 9.77. The minimum absolute atomic E-state index is 0.178. The molecule has 2 amide bonds. The molecule has 0 aliphatic carbocycles. The van der Waals surface area contributed by atoms with Crippen molar-refractivity contribution in [1.29, 1.82) is 0 Å². The number of imide groups is 1. The lowest BCUT2D eigenvalue weighted by molar-refractivity contribution is -0.120. The van der Waals surface area contributed by atoms with E-state index in [1.807, 2.05) is 56.3 Å². The summed E-state index contributed by atoms with van der Waals surface area (Å²) >= 11 is 6.16. The fourth-order valence-electron chi connectivity index (χ4n) is 3.71. The van der Waals surface area contributed by atoms with Gasteiger partial charge in [0.25, 0.3) is 11.8 Å². The molecular weight excluding hydrogens is 412 g/mol. The van der Waals surface area contributed by atoms with Crippen molar-refractivity contribution in [2.24, 2.45) is 0 Å². The summed E-state index contributed by atoms with van der Waals surface area (Å²) < 4.78 is 5.40. The normalized spacial score (nSPS) is 13.7. The van der Waals surface area contributed by atoms with Crippen LogP contribution in [0.1, 0.15) is 16.7 Å². The number of nitrogens with one attached hydrogen (secondary N) is 1. The largest absolute Gasteiger partial charge is 0.495 e. The molecule has 5 nitrogen and oxygen atoms in total. The summed E-state index contributed by atoms with van der Waals surface area (Å²) in [5, 5.41) is 3.60. The molecule has 6 heteroatoms. The van der Waals surface area contributed by atoms with Gasteiger partial charge in [-0.15, -0.1) is 0 Å². The molecule has 4 rings (SSSR count). The Labute approximate surface area is 185 Å². The van der Waals surface area contributed by atoms with Gasteiger partial charge in [0.15, 0.2) is 0 Å². The molecule has 0 atom stereocenters. The minimum atomic E-state index is -0.433. The second-order valence-corrected chi connectivity index (χ2v) is 7.76. The van der Waals surface area contributed by atoms with Crippen LogP contribution in [0.25, 0.3) is 5.57 Å². The van der Waals surface area contributed by atoms with Crippen LogP contribution in [0.2, 0.25) is 5.02 Å². The van der Waals surface area contributed by atoms with E-state index >= 15 is 0 Å². The Morgan fingerprint density at radius 2 is 1.65 bits per heavy atom. The summed E-state index contributed by atoms with van der Waals surface area (Å²) in [5.74, 6) is -0.306. The molecule has 0 aromatic heterocycles. The fourth-order valence-corrected chi connectivity index (χ4v) is 3.88. The van der Waals surface area contributed by atoms with Crippen molar-refractivity contribution < 1.29 is 14.3 Å². The Bertz CT molecular complexity index is 1220. The third-order valence-corrected chi connectivity index (χ3v) is 5.40. The van der Waals surface area contributed by atoms with Crippen molar-refractivity contribution in [2.75, 3.05) is 17.3 Å². The van der Waals surface area contributed by atoms with Gasteiger partial charge in [-0.05, 0) is 49.2 Å². The number of benzene rings is 3. The third-order valence-electron chi connectivity index (χ3n) is 5.16. The van der Waals surface area contributed by atoms with Crippen LogP contribution in [0.5, 0.6) is 5.75 Å². The SMILES string of the molecule is COc1ccc(Cl)cc1NC1=C(c2ccccc2)C(=O)N(c2ccc(C)cc2C)C1=O. The number of nitrogens with zero attached hydrogens (tertiary/aromatic N) is 1. The van der Waals surface area contributed by atoms with Gasteiger partial charge in [0.05, 0.1) is 24.1 Å². The number of carbonyl (C=O) groups excluding carboxylic acids is 2. The maximum atomic E-state index is 13.5. The summed E-state index contributed by atoms with van der Waals surface area (Å²) in [6.45, 7) is 3.85. The summed E-state index contributed by atoms with van der Waals surface area (Å²) in [6.07, 6.45) is 0. The van der Waals surface area contributed by atoms with E-state index in [9.17, 15) is 9.59 Å². The molecule has 1 aliphatic rings. The smallest absolute Gasteiger partial charge is 0.282 e. The lowest BCUT2D eigenvalue weighted by Gasteiger charge is -2.18. The van der Waals surface area contributed by atoms with Crippen molar-refractivity contribution in [1.82, 2.24) is 0 Å². The number of anilines is 2. The average Bonchev–Trinajstić information content (AvgIpc) is 2.99. The van der Waals surface area contributed by atoms with Gasteiger partial charge in [0.2, 0.25) is 0 Å². The number of amides is 2. The molecule has 3 aromatic rings. The topological polar surface area (TPSA) is 58.6 Å². The molecule has 0 bridgehead atoms. The molecular formula is C25H21ClN2O3. The highest BCUT2D eigenvalue weighted by molar-refractivity contribution is 6.46. The number of halogens is 1. The zero-order valence-corrected chi connectivity index (χ0v) is 18.2. The second-order valence-electron chi connectivity index (χ2n) is 7.32. The summed E-state index contributed by atoms with van der Waals surface area (Å²) in [4.78, 5) is 28.3. The molecule has 0 fully saturated rings. The molecule has 3 aromatic carbocycles. The minimum Gasteiger partial charge on any atom is -0.495 e. The van der Waals surface area contributed by atoms with Crippen molar-refractivity contribution >= 4 is 40.4 Å². The lowest BCUT2D eigenvalue weighted by atomic mass is 10.0. The molecule has 0 saturated carbocycles. The van der Waals surface area contributed by atoms with Crippen molar-refractivity contribution in [3.8, 4) is 5.75 Å². The van der Waals surface area contributed by atoms with Gasteiger partial charge in [-0.3, -0.25) is 9.59 Å². The van der Waals surface area contributed by atoms with Gasteiger partial charge in [0, 0.05) is 5.02 Å². The highest BCUT2D eigenvalue weighted by atomic mass is 35.5. The Morgan fingerprint density at radius 1 is 0.903 bits per heavy atom. The van der Waals surface area contributed by atoms with E-state index in [0.717, 1.165) is 11.1 Å². The molecule has 1 aliphatic heterocycles. The van der Waals surface area contributed by atoms with Gasteiger partial charge >= 0.3 is 0 Å².